The number of hydrogen-bond acceptors (Lipinski definition) is 9. The molecule has 2 saturated heterocycles. The molecule has 2 N–H and O–H groups in total. The number of phenols is 1. The number of hydrogen-bond donors (Lipinski definition) is 2. The minimum Gasteiger partial charge on any atom is -0.504 e. The molecule has 2 fully saturated rings. The summed E-state index contributed by atoms with van der Waals surface area (Å²) in [5.74, 6) is 1.19. The Labute approximate surface area is 219 Å². The van der Waals surface area contributed by atoms with E-state index in [1.807, 2.05) is 29.3 Å². The van der Waals surface area contributed by atoms with Crippen LogP contribution < -0.4 is 15.3 Å². The molecule has 0 saturated carbocycles. The average Bonchev–Trinajstić information content (AvgIpc) is 3.31. The van der Waals surface area contributed by atoms with Gasteiger partial charge in [0.05, 0.1) is 31.7 Å². The third-order valence-corrected chi connectivity index (χ3v) is 8.96. The Balaban J connectivity index is 0.000000131. The number of piperidine rings is 1. The summed E-state index contributed by atoms with van der Waals surface area (Å²) in [5.41, 5.74) is 2.79. The lowest BCUT2D eigenvalue weighted by Gasteiger charge is -2.56. The number of benzene rings is 2. The van der Waals surface area contributed by atoms with Gasteiger partial charge >= 0.3 is 0 Å². The largest absolute Gasteiger partial charge is 0.504 e. The van der Waals surface area contributed by atoms with Crippen molar-refractivity contribution in [2.45, 2.75) is 36.5 Å². The summed E-state index contributed by atoms with van der Waals surface area (Å²) in [6, 6.07) is 11.4. The molecule has 2 aliphatic carbocycles. The Kier molecular flexibility index (Phi) is 5.47. The fourth-order valence-electron chi connectivity index (χ4n) is 7.15. The molecule has 10 nitrogen and oxygen atoms in total. The summed E-state index contributed by atoms with van der Waals surface area (Å²) in [6.45, 7) is 3.55. The second-order valence-corrected chi connectivity index (χ2v) is 10.8. The van der Waals surface area contributed by atoms with Gasteiger partial charge in [0.25, 0.3) is 5.56 Å². The van der Waals surface area contributed by atoms with E-state index in [4.69, 9.17) is 9.47 Å². The first kappa shape index (κ1) is 23.6. The molecular formula is C28H31N5O5. The number of ether oxygens (including phenoxy) is 2. The molecule has 10 heteroatoms. The first-order chi connectivity index (χ1) is 18.5. The molecule has 0 unspecified atom stereocenters. The van der Waals surface area contributed by atoms with Crippen molar-refractivity contribution < 1.29 is 19.7 Å². The predicted octanol–water partition coefficient (Wildman–Crippen LogP) is 0.958. The smallest absolute Gasteiger partial charge is 0.296 e. The topological polar surface area (TPSA) is 113 Å². The monoisotopic (exact) mass is 517 g/mol. The highest BCUT2D eigenvalue weighted by molar-refractivity contribution is 5.76. The van der Waals surface area contributed by atoms with E-state index in [-0.39, 0.29) is 22.8 Å². The molecule has 5 atom stereocenters. The van der Waals surface area contributed by atoms with Crippen molar-refractivity contribution in [2.75, 3.05) is 44.9 Å². The molecule has 38 heavy (non-hydrogen) atoms. The zero-order chi connectivity index (χ0) is 26.0. The van der Waals surface area contributed by atoms with E-state index < -0.39 is 6.10 Å². The minimum atomic E-state index is -0.594. The van der Waals surface area contributed by atoms with Crippen LogP contribution in [-0.4, -0.2) is 88.4 Å². The molecule has 2 bridgehead atoms. The number of aromatic hydroxyl groups is 1. The Morgan fingerprint density at radius 3 is 2.74 bits per heavy atom. The lowest BCUT2D eigenvalue weighted by atomic mass is 9.53. The van der Waals surface area contributed by atoms with E-state index in [0.717, 1.165) is 19.4 Å². The predicted molar refractivity (Wildman–Crippen MR) is 140 cm³/mol. The fourth-order valence-corrected chi connectivity index (χ4v) is 7.15. The van der Waals surface area contributed by atoms with Gasteiger partial charge in [-0.15, -0.1) is 9.89 Å². The van der Waals surface area contributed by atoms with E-state index in [1.54, 1.807) is 18.2 Å². The highest BCUT2D eigenvalue weighted by Gasteiger charge is 2.64. The summed E-state index contributed by atoms with van der Waals surface area (Å²) in [7, 11) is 2.19. The molecule has 3 aliphatic heterocycles. The van der Waals surface area contributed by atoms with Crippen molar-refractivity contribution in [2.24, 2.45) is 5.92 Å². The van der Waals surface area contributed by atoms with Crippen LogP contribution in [0.5, 0.6) is 11.5 Å². The minimum absolute atomic E-state index is 0.127. The quantitative estimate of drug-likeness (QED) is 0.456. The van der Waals surface area contributed by atoms with Gasteiger partial charge in [-0.1, -0.05) is 30.4 Å². The molecule has 4 heterocycles. The Bertz CT molecular complexity index is 1480. The van der Waals surface area contributed by atoms with E-state index in [9.17, 15) is 15.0 Å². The van der Waals surface area contributed by atoms with Gasteiger partial charge in [0.2, 0.25) is 0 Å². The molecular weight excluding hydrogens is 486 g/mol. The standard InChI is InChI=1S/C17H19NO3.C11H12N4O2/c1-18-7-6-17-10-3-5-13(20)16(17)21-15-12(19)4-2-9(14(15)17)8-11(10)18;16-11-9-3-1-2-4-10(9)12-13-15(11)14-5-7-17-8-6-14/h2-5,10-11,13,16,19-20H,6-8H2,1H3;1-4H,5-8H2/t10-,11+,13-,16-,17-;/m0./s1. The van der Waals surface area contributed by atoms with Crippen molar-refractivity contribution >= 4 is 10.9 Å². The maximum absolute atomic E-state index is 12.2. The number of aliphatic hydroxyl groups excluding tert-OH is 1. The van der Waals surface area contributed by atoms with Crippen LogP contribution >= 0.6 is 0 Å². The normalized spacial score (nSPS) is 30.8. The molecule has 8 rings (SSSR count). The lowest BCUT2D eigenvalue weighted by Crippen LogP contribution is -2.64. The molecule has 1 aromatic heterocycles. The lowest BCUT2D eigenvalue weighted by molar-refractivity contribution is -0.0453. The second-order valence-electron chi connectivity index (χ2n) is 10.8. The highest BCUT2D eigenvalue weighted by atomic mass is 16.5. The van der Waals surface area contributed by atoms with Crippen LogP contribution in [0.4, 0.5) is 0 Å². The van der Waals surface area contributed by atoms with Gasteiger partial charge in [0, 0.05) is 22.9 Å². The van der Waals surface area contributed by atoms with Crippen LogP contribution in [0.3, 0.4) is 0 Å². The van der Waals surface area contributed by atoms with Gasteiger partial charge in [-0.25, -0.2) is 0 Å². The van der Waals surface area contributed by atoms with Crippen LogP contribution in [0.1, 0.15) is 17.5 Å². The van der Waals surface area contributed by atoms with E-state index in [0.29, 0.717) is 54.9 Å². The number of nitrogens with zero attached hydrogens (tertiary/aromatic N) is 5. The fraction of sp³-hybridized carbons (Fsp3) is 0.464. The summed E-state index contributed by atoms with van der Waals surface area (Å²) >= 11 is 0. The van der Waals surface area contributed by atoms with Gasteiger partial charge in [-0.2, -0.15) is 0 Å². The van der Waals surface area contributed by atoms with Gasteiger partial charge in [0.15, 0.2) is 11.5 Å². The number of aromatic nitrogens is 3. The van der Waals surface area contributed by atoms with Crippen molar-refractivity contribution in [3.05, 3.63) is 70.0 Å². The summed E-state index contributed by atoms with van der Waals surface area (Å²) in [5, 5.41) is 31.1. The molecule has 3 aromatic rings. The van der Waals surface area contributed by atoms with Crippen LogP contribution in [-0.2, 0) is 16.6 Å². The first-order valence-corrected chi connectivity index (χ1v) is 13.3. The van der Waals surface area contributed by atoms with Gasteiger partial charge < -0.3 is 24.6 Å². The Hall–Kier alpha value is -3.47. The Morgan fingerprint density at radius 1 is 1.08 bits per heavy atom. The number of likely N-dealkylation sites (N-methyl/N-ethyl adjacent to an activating group) is 1. The Morgan fingerprint density at radius 2 is 1.89 bits per heavy atom. The number of aliphatic hydroxyl groups is 1. The second kappa shape index (κ2) is 8.79. The van der Waals surface area contributed by atoms with E-state index in [2.05, 4.69) is 28.3 Å². The number of morpholine rings is 1. The first-order valence-electron chi connectivity index (χ1n) is 13.3. The van der Waals surface area contributed by atoms with Crippen LogP contribution in [0.25, 0.3) is 10.9 Å². The molecule has 198 valence electrons. The number of phenolic OH excluding ortho intramolecular Hbond substituents is 1. The van der Waals surface area contributed by atoms with Crippen molar-refractivity contribution in [3.63, 3.8) is 0 Å². The van der Waals surface area contributed by atoms with Crippen molar-refractivity contribution in [1.82, 2.24) is 20.0 Å². The van der Waals surface area contributed by atoms with Crippen molar-refractivity contribution in [1.29, 1.82) is 0 Å². The third-order valence-electron chi connectivity index (χ3n) is 8.96. The van der Waals surface area contributed by atoms with Gasteiger partial charge in [-0.05, 0) is 55.4 Å². The maximum atomic E-state index is 12.2. The zero-order valence-corrected chi connectivity index (χ0v) is 21.2. The van der Waals surface area contributed by atoms with Crippen LogP contribution in [0, 0.1) is 5.92 Å². The van der Waals surface area contributed by atoms with Gasteiger partial charge in [0.1, 0.15) is 17.7 Å². The molecule has 0 amide bonds. The molecule has 2 aromatic carbocycles. The van der Waals surface area contributed by atoms with Crippen molar-refractivity contribution in [3.8, 4) is 11.5 Å². The summed E-state index contributed by atoms with van der Waals surface area (Å²) in [6.07, 6.45) is 5.18. The highest BCUT2D eigenvalue weighted by Crippen LogP contribution is 2.62. The van der Waals surface area contributed by atoms with E-state index >= 15 is 0 Å². The maximum Gasteiger partial charge on any atom is 0.296 e. The van der Waals surface area contributed by atoms with E-state index in [1.165, 1.54) is 15.9 Å². The average molecular weight is 518 g/mol. The molecule has 1 spiro atoms. The third kappa shape index (κ3) is 3.33. The van der Waals surface area contributed by atoms with Crippen LogP contribution in [0.2, 0.25) is 0 Å². The summed E-state index contributed by atoms with van der Waals surface area (Å²) < 4.78 is 11.3. The number of rotatable bonds is 1. The molecule has 0 radical (unpaired) electrons. The van der Waals surface area contributed by atoms with Gasteiger partial charge in [-0.3, -0.25) is 9.80 Å². The number of likely N-dealkylation sites (tertiary alicyclic amines) is 1. The SMILES string of the molecule is CN1CC[C@]23c4c5ccc(O)c4O[C@H]2[C@@H](O)C=C[C@H]3[C@H]1C5.O=c1c2ccccc2nnn1N1CCOCC1. The van der Waals surface area contributed by atoms with Crippen LogP contribution in [0.15, 0.2) is 53.3 Å². The molecule has 5 aliphatic rings. The number of fused-ring (bicyclic) bond motifs is 1. The summed E-state index contributed by atoms with van der Waals surface area (Å²) in [4.78, 5) is 16.0. The zero-order valence-electron chi connectivity index (χ0n) is 21.2.